The van der Waals surface area contributed by atoms with E-state index in [0.717, 1.165) is 59.8 Å². The van der Waals surface area contributed by atoms with E-state index in [-0.39, 0.29) is 12.5 Å². The Bertz CT molecular complexity index is 1200. The molecule has 1 amide bonds. The van der Waals surface area contributed by atoms with Gasteiger partial charge in [0.1, 0.15) is 15.5 Å². The SMILES string of the molecule is CC(O)CNC(=O)c1cnc(-c2cnc3[nH]ccc3c2NC2C[C@@H]3CN(CCC#N)C[C@@H]3C2)s1. The molecule has 34 heavy (non-hydrogen) atoms. The number of fused-ring (bicyclic) bond motifs is 2. The van der Waals surface area contributed by atoms with Gasteiger partial charge in [0, 0.05) is 56.4 Å². The average molecular weight is 480 g/mol. The summed E-state index contributed by atoms with van der Waals surface area (Å²) in [6.07, 6.45) is 7.49. The highest BCUT2D eigenvalue weighted by Gasteiger charge is 2.40. The van der Waals surface area contributed by atoms with Crippen LogP contribution in [0.25, 0.3) is 21.6 Å². The van der Waals surface area contributed by atoms with Crippen molar-refractivity contribution in [3.8, 4) is 16.6 Å². The topological polar surface area (TPSA) is 130 Å². The second-order valence-electron chi connectivity index (χ2n) is 9.38. The number of amides is 1. The summed E-state index contributed by atoms with van der Waals surface area (Å²) in [5, 5.41) is 26.6. The number of aromatic amines is 1. The first kappa shape index (κ1) is 22.8. The molecule has 1 saturated heterocycles. The van der Waals surface area contributed by atoms with Crippen LogP contribution in [0.5, 0.6) is 0 Å². The highest BCUT2D eigenvalue weighted by atomic mass is 32.1. The molecule has 10 heteroatoms. The number of aromatic nitrogens is 3. The van der Waals surface area contributed by atoms with Gasteiger partial charge in [-0.3, -0.25) is 4.79 Å². The van der Waals surface area contributed by atoms with Crippen LogP contribution in [0.3, 0.4) is 0 Å². The Morgan fingerprint density at radius 2 is 2.15 bits per heavy atom. The smallest absolute Gasteiger partial charge is 0.263 e. The summed E-state index contributed by atoms with van der Waals surface area (Å²) in [6.45, 7) is 4.86. The number of pyridine rings is 1. The molecule has 4 heterocycles. The van der Waals surface area contributed by atoms with E-state index < -0.39 is 6.10 Å². The van der Waals surface area contributed by atoms with Crippen LogP contribution in [0.2, 0.25) is 0 Å². The summed E-state index contributed by atoms with van der Waals surface area (Å²) >= 11 is 1.33. The molecule has 2 unspecified atom stereocenters. The van der Waals surface area contributed by atoms with E-state index in [4.69, 9.17) is 5.26 Å². The quantitative estimate of drug-likeness (QED) is 0.391. The number of hydrogen-bond donors (Lipinski definition) is 4. The van der Waals surface area contributed by atoms with Gasteiger partial charge in [-0.2, -0.15) is 5.26 Å². The van der Waals surface area contributed by atoms with Gasteiger partial charge >= 0.3 is 0 Å². The minimum atomic E-state index is -0.600. The van der Waals surface area contributed by atoms with Gasteiger partial charge in [0.25, 0.3) is 5.91 Å². The fraction of sp³-hybridized carbons (Fsp3) is 0.500. The lowest BCUT2D eigenvalue weighted by atomic mass is 10.0. The van der Waals surface area contributed by atoms with Gasteiger partial charge in [-0.1, -0.05) is 0 Å². The first-order valence-corrected chi connectivity index (χ1v) is 12.6. The number of nitriles is 1. The Morgan fingerprint density at radius 1 is 1.35 bits per heavy atom. The van der Waals surface area contributed by atoms with Gasteiger partial charge in [-0.05, 0) is 37.7 Å². The summed E-state index contributed by atoms with van der Waals surface area (Å²) in [5.74, 6) is 1.08. The molecule has 1 aliphatic heterocycles. The van der Waals surface area contributed by atoms with E-state index in [9.17, 15) is 9.90 Å². The molecule has 5 rings (SSSR count). The number of nitrogens with zero attached hydrogens (tertiary/aromatic N) is 4. The van der Waals surface area contributed by atoms with E-state index in [1.54, 1.807) is 13.1 Å². The third-order valence-electron chi connectivity index (χ3n) is 6.82. The fourth-order valence-electron chi connectivity index (χ4n) is 5.27. The molecule has 3 aromatic heterocycles. The number of anilines is 1. The second-order valence-corrected chi connectivity index (χ2v) is 10.4. The zero-order valence-corrected chi connectivity index (χ0v) is 19.9. The molecule has 2 aliphatic rings. The Kier molecular flexibility index (Phi) is 6.50. The number of rotatable bonds is 8. The van der Waals surface area contributed by atoms with Crippen LogP contribution in [-0.2, 0) is 0 Å². The van der Waals surface area contributed by atoms with Crippen molar-refractivity contribution in [1.82, 2.24) is 25.2 Å². The van der Waals surface area contributed by atoms with Crippen molar-refractivity contribution in [1.29, 1.82) is 5.26 Å². The maximum atomic E-state index is 12.4. The molecular weight excluding hydrogens is 450 g/mol. The van der Waals surface area contributed by atoms with Crippen LogP contribution in [0, 0.1) is 23.2 Å². The molecule has 1 aliphatic carbocycles. The lowest BCUT2D eigenvalue weighted by Gasteiger charge is -2.21. The van der Waals surface area contributed by atoms with Crippen molar-refractivity contribution >= 4 is 34.0 Å². The number of carbonyl (C=O) groups is 1. The molecule has 0 bridgehead atoms. The number of aliphatic hydroxyl groups excluding tert-OH is 1. The van der Waals surface area contributed by atoms with Crippen LogP contribution in [0.15, 0.2) is 24.7 Å². The standard InChI is InChI=1S/C24H29N7O2S/c1-14(32)9-28-23(33)20-11-29-24(34-20)19-10-27-22-18(3-5-26-22)21(19)30-17-7-15-12-31(6-2-4-25)13-16(15)8-17/h3,5,10-11,14-17,32H,2,6-9,12-13H2,1H3,(H,28,33)(H2,26,27,30)/t14?,15-,16+,17?. The first-order chi connectivity index (χ1) is 16.5. The number of aliphatic hydroxyl groups is 1. The van der Waals surface area contributed by atoms with Crippen LogP contribution in [0.4, 0.5) is 5.69 Å². The molecule has 0 radical (unpaired) electrons. The van der Waals surface area contributed by atoms with Crippen molar-refractivity contribution in [2.75, 3.05) is 31.5 Å². The average Bonchev–Trinajstić information content (AvgIpc) is 3.59. The van der Waals surface area contributed by atoms with Crippen molar-refractivity contribution in [3.63, 3.8) is 0 Å². The highest BCUT2D eigenvalue weighted by Crippen LogP contribution is 2.42. The number of thiazole rings is 1. The largest absolute Gasteiger partial charge is 0.392 e. The molecule has 3 aromatic rings. The monoisotopic (exact) mass is 479 g/mol. The number of H-pyrrole nitrogens is 1. The van der Waals surface area contributed by atoms with Crippen LogP contribution in [0.1, 0.15) is 35.9 Å². The Morgan fingerprint density at radius 3 is 2.88 bits per heavy atom. The van der Waals surface area contributed by atoms with Gasteiger partial charge in [0.05, 0.1) is 29.6 Å². The molecule has 4 N–H and O–H groups in total. The zero-order chi connectivity index (χ0) is 23.7. The van der Waals surface area contributed by atoms with Gasteiger partial charge in [0.2, 0.25) is 0 Å². The molecule has 1 saturated carbocycles. The summed E-state index contributed by atoms with van der Waals surface area (Å²) in [4.78, 5) is 27.6. The zero-order valence-electron chi connectivity index (χ0n) is 19.1. The molecule has 0 spiro atoms. The van der Waals surface area contributed by atoms with Gasteiger partial charge < -0.3 is 25.6 Å². The summed E-state index contributed by atoms with van der Waals surface area (Å²) in [6, 6.07) is 4.64. The van der Waals surface area contributed by atoms with Crippen molar-refractivity contribution in [2.24, 2.45) is 11.8 Å². The Hall–Kier alpha value is -3.00. The van der Waals surface area contributed by atoms with Gasteiger partial charge in [-0.15, -0.1) is 11.3 Å². The maximum Gasteiger partial charge on any atom is 0.263 e. The molecular formula is C24H29N7O2S. The molecule has 178 valence electrons. The predicted molar refractivity (Wildman–Crippen MR) is 132 cm³/mol. The van der Waals surface area contributed by atoms with Crippen LogP contribution >= 0.6 is 11.3 Å². The van der Waals surface area contributed by atoms with Crippen molar-refractivity contribution in [3.05, 3.63) is 29.5 Å². The first-order valence-electron chi connectivity index (χ1n) is 11.8. The number of likely N-dealkylation sites (tertiary alicyclic amines) is 1. The number of carbonyl (C=O) groups excluding carboxylic acids is 1. The number of nitrogens with one attached hydrogen (secondary N) is 3. The third-order valence-corrected chi connectivity index (χ3v) is 7.85. The Labute approximate surface area is 202 Å². The minimum Gasteiger partial charge on any atom is -0.392 e. The van der Waals surface area contributed by atoms with E-state index in [1.807, 2.05) is 18.5 Å². The lowest BCUT2D eigenvalue weighted by molar-refractivity contribution is 0.0928. The van der Waals surface area contributed by atoms with Gasteiger partial charge in [-0.25, -0.2) is 9.97 Å². The summed E-state index contributed by atoms with van der Waals surface area (Å²) in [5.41, 5.74) is 2.71. The highest BCUT2D eigenvalue weighted by molar-refractivity contribution is 7.17. The predicted octanol–water partition coefficient (Wildman–Crippen LogP) is 2.83. The molecule has 4 atom stereocenters. The van der Waals surface area contributed by atoms with Gasteiger partial charge in [0.15, 0.2) is 0 Å². The molecule has 2 fully saturated rings. The van der Waals surface area contributed by atoms with E-state index in [1.165, 1.54) is 11.3 Å². The minimum absolute atomic E-state index is 0.202. The van der Waals surface area contributed by atoms with Crippen molar-refractivity contribution in [2.45, 2.75) is 38.3 Å². The summed E-state index contributed by atoms with van der Waals surface area (Å²) < 4.78 is 0. The Balaban J connectivity index is 1.35. The van der Waals surface area contributed by atoms with Crippen molar-refractivity contribution < 1.29 is 9.90 Å². The molecule has 0 aromatic carbocycles. The number of hydrogen-bond acceptors (Lipinski definition) is 8. The van der Waals surface area contributed by atoms with E-state index >= 15 is 0 Å². The maximum absolute atomic E-state index is 12.4. The fourth-order valence-corrected chi connectivity index (χ4v) is 6.12. The summed E-state index contributed by atoms with van der Waals surface area (Å²) in [7, 11) is 0. The normalized spacial score (nSPS) is 23.0. The van der Waals surface area contributed by atoms with E-state index in [0.29, 0.717) is 29.2 Å². The second kappa shape index (κ2) is 9.70. The lowest BCUT2D eigenvalue weighted by Crippen LogP contribution is -2.29. The molecule has 9 nitrogen and oxygen atoms in total. The van der Waals surface area contributed by atoms with E-state index in [2.05, 4.69) is 36.6 Å². The third kappa shape index (κ3) is 4.64. The van der Waals surface area contributed by atoms with Crippen LogP contribution < -0.4 is 10.6 Å². The van der Waals surface area contributed by atoms with Crippen LogP contribution in [-0.4, -0.2) is 69.2 Å².